The Bertz CT molecular complexity index is 6040. The first-order valence-electron chi connectivity index (χ1n) is 34.9. The van der Waals surface area contributed by atoms with E-state index in [1.165, 1.54) is 19.2 Å². The summed E-state index contributed by atoms with van der Waals surface area (Å²) in [6.45, 7) is 9.75. The summed E-state index contributed by atoms with van der Waals surface area (Å²) in [6.07, 6.45) is 15.0. The van der Waals surface area contributed by atoms with Crippen LogP contribution in [0.4, 0.5) is 32.1 Å². The number of rotatable bonds is 21. The molecule has 0 amide bonds. The van der Waals surface area contributed by atoms with Crippen molar-refractivity contribution in [3.05, 3.63) is 306 Å². The van der Waals surface area contributed by atoms with E-state index in [0.717, 1.165) is 106 Å². The summed E-state index contributed by atoms with van der Waals surface area (Å²) in [7, 11) is 1.49. The molecule has 110 heavy (non-hydrogen) atoms. The Morgan fingerprint density at radius 1 is 0.455 bits per heavy atom. The van der Waals surface area contributed by atoms with Crippen molar-refractivity contribution in [2.45, 2.75) is 72.8 Å². The van der Waals surface area contributed by atoms with Crippen LogP contribution in [-0.4, -0.2) is 92.0 Å². The molecule has 16 rings (SSSR count). The number of aromatic nitrogens is 16. The average molecular weight is 1610 g/mol. The van der Waals surface area contributed by atoms with Gasteiger partial charge in [-0.25, -0.2) is 28.7 Å². The van der Waals surface area contributed by atoms with Gasteiger partial charge in [-0.05, 0) is 118 Å². The molecule has 0 aliphatic rings. The number of nitrogens with zero attached hydrogens (tertiary/aromatic N) is 14. The fraction of sp³-hybridized carbons (Fsp3) is 0.150. The molecule has 0 atom stereocenters. The zero-order valence-corrected chi connectivity index (χ0v) is 63.2. The molecule has 0 saturated carbocycles. The highest BCUT2D eigenvalue weighted by Gasteiger charge is 2.21. The molecule has 0 saturated heterocycles. The predicted molar refractivity (Wildman–Crippen MR) is 421 cm³/mol. The second-order valence-electron chi connectivity index (χ2n) is 25.1. The van der Waals surface area contributed by atoms with Crippen LogP contribution in [0.3, 0.4) is 0 Å². The standard InChI is InChI=1S/C21H20BrFN5O2.C21H21FN5O2.C20H19N5O.C18H14BrN5O/c1-13(2)30-20-8-7-14(12-27(20)29)10-24-19-9-18(15-5-3-4-6-17(15)23)26-21-16(22)11-25-28(19)21;1-3-15-12-24-27-19(23-11-14-8-9-20(29-2)26(28)13-14)10-18(25-21(15)27)16-6-4-5-7-17(16)22;1-2-15-13-23-25-18(22-12-14-8-9-21-19(26)10-14)11-17(24-20(15)25)16-6-4-3-5-7-16;19-14-11-22-24-16(21-10-12-6-7-20-17(25)8-12)9-15(23-18(14)24)13-4-2-1-3-5-13/h3-9,11-13,24,29H,10H2,1-2H3;4-10,12-13,23,28H,3,11H2,1-2H3;3-11,13,22H,2,12H2,1H3,(H,21,26);1-9,11,21H,10H2,(H,20,25)/q2*+1;;. The van der Waals surface area contributed by atoms with Gasteiger partial charge in [0.25, 0.3) is 0 Å². The van der Waals surface area contributed by atoms with Gasteiger partial charge in [0.2, 0.25) is 23.5 Å². The molecule has 0 radical (unpaired) electrons. The van der Waals surface area contributed by atoms with Crippen molar-refractivity contribution >= 4 is 77.7 Å². The molecule has 12 heterocycles. The molecule has 0 aliphatic heterocycles. The van der Waals surface area contributed by atoms with Crippen LogP contribution in [0.2, 0.25) is 0 Å². The van der Waals surface area contributed by atoms with Crippen molar-refractivity contribution in [3.8, 4) is 56.8 Å². The highest BCUT2D eigenvalue weighted by molar-refractivity contribution is 9.11. The van der Waals surface area contributed by atoms with E-state index in [-0.39, 0.29) is 28.9 Å². The Morgan fingerprint density at radius 3 is 1.22 bits per heavy atom. The lowest BCUT2D eigenvalue weighted by molar-refractivity contribution is -0.906. The highest BCUT2D eigenvalue weighted by atomic mass is 79.9. The van der Waals surface area contributed by atoms with Crippen molar-refractivity contribution in [1.82, 2.24) is 68.4 Å². The largest absolute Gasteiger partial charge is 0.445 e. The Labute approximate surface area is 644 Å². The molecule has 0 aliphatic carbocycles. The van der Waals surface area contributed by atoms with Gasteiger partial charge in [-0.15, -0.1) is 0 Å². The SMILES string of the molecule is CC(C)Oc1ccc(CNc2cc(-c3ccccc3F)nc3c(Br)cnn23)c[n+]1O.CCc1cnn2c(NCc3cc[nH]c(=O)c3)cc(-c3ccccc3)nc12.CCc1cnn2c(NCc3ccc(OC)[n+](O)c3)cc(-c3ccccc3F)nc12.O=c1cc(CNc2cc(-c3ccccc3)nc3c(Br)cnn23)cc[nH]1. The number of halogens is 4. The number of pyridine rings is 4. The summed E-state index contributed by atoms with van der Waals surface area (Å²) in [5.41, 5.74) is 13.8. The number of ether oxygens (including phenoxy) is 2. The third-order valence-corrected chi connectivity index (χ3v) is 18.3. The number of nitrogens with one attached hydrogen (secondary N) is 6. The molecule has 556 valence electrons. The fourth-order valence-corrected chi connectivity index (χ4v) is 12.4. The molecule has 16 aromatic rings. The number of hydrogen-bond donors (Lipinski definition) is 8. The van der Waals surface area contributed by atoms with E-state index in [4.69, 9.17) is 19.4 Å². The minimum absolute atomic E-state index is 0.0486. The number of aryl methyl sites for hydroxylation is 2. The minimum atomic E-state index is -0.349. The van der Waals surface area contributed by atoms with Crippen molar-refractivity contribution in [2.24, 2.45) is 0 Å². The number of benzene rings is 4. The maximum absolute atomic E-state index is 14.4. The van der Waals surface area contributed by atoms with E-state index >= 15 is 0 Å². The number of H-pyrrole nitrogens is 2. The van der Waals surface area contributed by atoms with Crippen LogP contribution in [0.15, 0.2) is 250 Å². The highest BCUT2D eigenvalue weighted by Crippen LogP contribution is 2.32. The van der Waals surface area contributed by atoms with E-state index in [9.17, 15) is 28.8 Å². The van der Waals surface area contributed by atoms with Gasteiger partial charge in [-0.3, -0.25) is 20.0 Å². The van der Waals surface area contributed by atoms with Gasteiger partial charge in [0.1, 0.15) is 34.9 Å². The summed E-state index contributed by atoms with van der Waals surface area (Å²) in [4.78, 5) is 46.9. The smallest absolute Gasteiger partial charge is 0.416 e. The van der Waals surface area contributed by atoms with E-state index in [2.05, 4.69) is 100 Å². The summed E-state index contributed by atoms with van der Waals surface area (Å²) in [5, 5.41) is 51.0. The Hall–Kier alpha value is -13.2. The van der Waals surface area contributed by atoms with Gasteiger partial charge in [-0.1, -0.05) is 98.8 Å². The predicted octanol–water partition coefficient (Wildman–Crippen LogP) is 14.2. The van der Waals surface area contributed by atoms with E-state index in [1.807, 2.05) is 129 Å². The monoisotopic (exact) mass is 1610 g/mol. The molecule has 12 aromatic heterocycles. The number of fused-ring (bicyclic) bond motifs is 4. The van der Waals surface area contributed by atoms with E-state index in [1.54, 1.807) is 130 Å². The summed E-state index contributed by atoms with van der Waals surface area (Å²) < 4.78 is 49.6. The van der Waals surface area contributed by atoms with Gasteiger partial charge in [-0.2, -0.15) is 38.5 Å². The number of aromatic amines is 2. The number of methoxy groups -OCH3 is 1. The summed E-state index contributed by atoms with van der Waals surface area (Å²) in [5.74, 6) is 2.97. The Kier molecular flexibility index (Phi) is 23.6. The molecule has 0 spiro atoms. The topological polar surface area (TPSA) is 301 Å². The van der Waals surface area contributed by atoms with Crippen LogP contribution in [0, 0.1) is 11.6 Å². The first-order valence-corrected chi connectivity index (χ1v) is 36.5. The maximum Gasteiger partial charge on any atom is 0.416 e. The second kappa shape index (κ2) is 34.6. The summed E-state index contributed by atoms with van der Waals surface area (Å²) >= 11 is 6.94. The second-order valence-corrected chi connectivity index (χ2v) is 26.8. The van der Waals surface area contributed by atoms with Crippen LogP contribution >= 0.6 is 31.9 Å². The van der Waals surface area contributed by atoms with E-state index in [0.29, 0.717) is 87.9 Å². The van der Waals surface area contributed by atoms with Gasteiger partial charge in [0.05, 0.1) is 81.9 Å². The molecule has 30 heteroatoms. The fourth-order valence-electron chi connectivity index (χ4n) is 11.7. The zero-order valence-electron chi connectivity index (χ0n) is 60.1. The van der Waals surface area contributed by atoms with Gasteiger partial charge in [0, 0.05) is 129 Å². The molecule has 0 unspecified atom stereocenters. The van der Waals surface area contributed by atoms with Crippen molar-refractivity contribution in [2.75, 3.05) is 28.4 Å². The lowest BCUT2D eigenvalue weighted by atomic mass is 10.1. The van der Waals surface area contributed by atoms with E-state index < -0.39 is 0 Å². The van der Waals surface area contributed by atoms with Crippen molar-refractivity contribution < 1.29 is 38.1 Å². The normalized spacial score (nSPS) is 11.0. The molecular formula is C80H74Br2F2N20O6+2. The number of anilines is 4. The molecule has 4 aromatic carbocycles. The first-order chi connectivity index (χ1) is 53.5. The molecule has 8 N–H and O–H groups in total. The third kappa shape index (κ3) is 17.7. The zero-order chi connectivity index (χ0) is 76.8. The van der Waals surface area contributed by atoms with Crippen LogP contribution in [-0.2, 0) is 39.0 Å². The lowest BCUT2D eigenvalue weighted by Gasteiger charge is -2.11. The molecular weight excluding hydrogens is 1530 g/mol. The molecule has 26 nitrogen and oxygen atoms in total. The van der Waals surface area contributed by atoms with Crippen molar-refractivity contribution in [3.63, 3.8) is 0 Å². The van der Waals surface area contributed by atoms with Gasteiger partial charge >= 0.3 is 11.8 Å². The quantitative estimate of drug-likeness (QED) is 0.0245. The lowest BCUT2D eigenvalue weighted by Crippen LogP contribution is -2.34. The minimum Gasteiger partial charge on any atom is -0.445 e. The van der Waals surface area contributed by atoms with Crippen LogP contribution in [0.1, 0.15) is 61.1 Å². The summed E-state index contributed by atoms with van der Waals surface area (Å²) in [6, 6.07) is 54.5. The Balaban J connectivity index is 0.000000129. The van der Waals surface area contributed by atoms with Gasteiger partial charge < -0.3 is 40.7 Å². The number of hydrogen-bond acceptors (Lipinski definition) is 18. The van der Waals surface area contributed by atoms with Crippen LogP contribution in [0.5, 0.6) is 11.8 Å². The molecule has 0 bridgehead atoms. The molecule has 0 fully saturated rings. The first kappa shape index (κ1) is 75.0. The van der Waals surface area contributed by atoms with Crippen molar-refractivity contribution in [1.29, 1.82) is 0 Å². The van der Waals surface area contributed by atoms with Gasteiger partial charge in [0.15, 0.2) is 22.6 Å². The van der Waals surface area contributed by atoms with Crippen LogP contribution in [0.25, 0.3) is 67.6 Å². The third-order valence-electron chi connectivity index (χ3n) is 17.2. The van der Waals surface area contributed by atoms with Crippen LogP contribution < -0.4 is 51.3 Å². The maximum atomic E-state index is 14.4. The average Bonchev–Trinajstić information content (AvgIpc) is 1.62. The Morgan fingerprint density at radius 2 is 0.818 bits per heavy atom.